The molecule has 0 aromatic heterocycles. The van der Waals surface area contributed by atoms with Crippen molar-refractivity contribution in [2.75, 3.05) is 0 Å². The van der Waals surface area contributed by atoms with Gasteiger partial charge >= 0.3 is 0 Å². The quantitative estimate of drug-likeness (QED) is 0.844. The first kappa shape index (κ1) is 17.0. The molecule has 0 saturated heterocycles. The van der Waals surface area contributed by atoms with Crippen LogP contribution in [-0.4, -0.2) is 11.9 Å². The molecule has 3 nitrogen and oxygen atoms in total. The Bertz CT molecular complexity index is 429. The number of benzene rings is 1. The average molecular weight is 297 g/mol. The molecule has 0 aliphatic rings. The molecule has 0 aliphatic heterocycles. The van der Waals surface area contributed by atoms with Gasteiger partial charge in [-0.15, -0.1) is 0 Å². The summed E-state index contributed by atoms with van der Waals surface area (Å²) < 4.78 is 0. The van der Waals surface area contributed by atoms with Gasteiger partial charge in [0.1, 0.15) is 0 Å². The fourth-order valence-corrected chi connectivity index (χ4v) is 2.31. The molecule has 1 unspecified atom stereocenters. The van der Waals surface area contributed by atoms with E-state index in [1.807, 2.05) is 24.3 Å². The van der Waals surface area contributed by atoms with Crippen molar-refractivity contribution in [2.24, 2.45) is 17.6 Å². The zero-order valence-corrected chi connectivity index (χ0v) is 13.4. The highest BCUT2D eigenvalue weighted by Gasteiger charge is 2.22. The summed E-state index contributed by atoms with van der Waals surface area (Å²) >= 11 is 5.90. The number of carbonyl (C=O) groups is 1. The van der Waals surface area contributed by atoms with Crippen LogP contribution in [0.3, 0.4) is 0 Å². The second kappa shape index (κ2) is 7.65. The van der Waals surface area contributed by atoms with Crippen molar-refractivity contribution in [3.05, 3.63) is 34.9 Å². The van der Waals surface area contributed by atoms with Crippen LogP contribution in [0.1, 0.15) is 45.7 Å². The van der Waals surface area contributed by atoms with Gasteiger partial charge in [-0.05, 0) is 36.0 Å². The fourth-order valence-electron chi connectivity index (χ4n) is 2.18. The SMILES string of the molecule is CC(C)C[C@@H](N)C(=O)NC(c1ccc(Cl)cc1)C(C)C. The van der Waals surface area contributed by atoms with E-state index in [9.17, 15) is 4.79 Å². The first-order valence-corrected chi connectivity index (χ1v) is 7.50. The molecule has 20 heavy (non-hydrogen) atoms. The molecule has 0 heterocycles. The van der Waals surface area contributed by atoms with Crippen LogP contribution in [0.25, 0.3) is 0 Å². The van der Waals surface area contributed by atoms with E-state index in [0.29, 0.717) is 17.4 Å². The number of hydrogen-bond donors (Lipinski definition) is 2. The van der Waals surface area contributed by atoms with Gasteiger partial charge in [0.15, 0.2) is 0 Å². The first-order valence-electron chi connectivity index (χ1n) is 7.12. The third kappa shape index (κ3) is 5.14. The number of halogens is 1. The predicted octanol–water partition coefficient (Wildman–Crippen LogP) is 3.53. The van der Waals surface area contributed by atoms with Crippen LogP contribution in [0.2, 0.25) is 5.02 Å². The van der Waals surface area contributed by atoms with Gasteiger partial charge in [-0.1, -0.05) is 51.4 Å². The monoisotopic (exact) mass is 296 g/mol. The number of nitrogens with two attached hydrogens (primary N) is 1. The van der Waals surface area contributed by atoms with Crippen LogP contribution in [0.4, 0.5) is 0 Å². The van der Waals surface area contributed by atoms with Crippen molar-refractivity contribution in [1.29, 1.82) is 0 Å². The number of carbonyl (C=O) groups excluding carboxylic acids is 1. The molecule has 0 radical (unpaired) electrons. The third-order valence-electron chi connectivity index (χ3n) is 3.26. The maximum atomic E-state index is 12.2. The molecule has 0 aliphatic carbocycles. The Kier molecular flexibility index (Phi) is 6.50. The summed E-state index contributed by atoms with van der Waals surface area (Å²) in [6.45, 7) is 8.28. The summed E-state index contributed by atoms with van der Waals surface area (Å²) in [5.41, 5.74) is 6.99. The van der Waals surface area contributed by atoms with Gasteiger partial charge in [-0.2, -0.15) is 0 Å². The standard InChI is InChI=1S/C16H25ClN2O/c1-10(2)9-14(18)16(20)19-15(11(3)4)12-5-7-13(17)8-6-12/h5-8,10-11,14-15H,9,18H2,1-4H3,(H,19,20)/t14-,15?/m1/s1. The zero-order chi connectivity index (χ0) is 15.3. The van der Waals surface area contributed by atoms with E-state index in [0.717, 1.165) is 5.56 Å². The van der Waals surface area contributed by atoms with E-state index in [2.05, 4.69) is 33.0 Å². The molecular weight excluding hydrogens is 272 g/mol. The van der Waals surface area contributed by atoms with Gasteiger partial charge < -0.3 is 11.1 Å². The molecule has 0 bridgehead atoms. The van der Waals surface area contributed by atoms with Crippen LogP contribution in [0.15, 0.2) is 24.3 Å². The molecule has 4 heteroatoms. The van der Waals surface area contributed by atoms with E-state index in [-0.39, 0.29) is 17.9 Å². The van der Waals surface area contributed by atoms with Crippen LogP contribution in [-0.2, 0) is 4.79 Å². The second-order valence-corrected chi connectivity index (χ2v) is 6.45. The topological polar surface area (TPSA) is 55.1 Å². The number of nitrogens with one attached hydrogen (secondary N) is 1. The summed E-state index contributed by atoms with van der Waals surface area (Å²) in [5, 5.41) is 3.74. The lowest BCUT2D eigenvalue weighted by Gasteiger charge is -2.25. The Morgan fingerprint density at radius 2 is 1.75 bits per heavy atom. The van der Waals surface area contributed by atoms with Crippen molar-refractivity contribution in [3.8, 4) is 0 Å². The Morgan fingerprint density at radius 1 is 1.20 bits per heavy atom. The molecule has 1 aromatic carbocycles. The van der Waals surface area contributed by atoms with E-state index >= 15 is 0 Å². The van der Waals surface area contributed by atoms with Crippen LogP contribution < -0.4 is 11.1 Å². The van der Waals surface area contributed by atoms with Gasteiger partial charge in [0.2, 0.25) is 5.91 Å². The van der Waals surface area contributed by atoms with Crippen LogP contribution in [0, 0.1) is 11.8 Å². The third-order valence-corrected chi connectivity index (χ3v) is 3.51. The van der Waals surface area contributed by atoms with Crippen molar-refractivity contribution in [2.45, 2.75) is 46.2 Å². The maximum Gasteiger partial charge on any atom is 0.237 e. The van der Waals surface area contributed by atoms with Gasteiger partial charge in [0, 0.05) is 5.02 Å². The molecule has 0 fully saturated rings. The van der Waals surface area contributed by atoms with Crippen LogP contribution >= 0.6 is 11.6 Å². The minimum absolute atomic E-state index is 0.0435. The van der Waals surface area contributed by atoms with Gasteiger partial charge in [-0.3, -0.25) is 4.79 Å². The highest BCUT2D eigenvalue weighted by atomic mass is 35.5. The lowest BCUT2D eigenvalue weighted by atomic mass is 9.95. The zero-order valence-electron chi connectivity index (χ0n) is 12.7. The Morgan fingerprint density at radius 3 is 2.20 bits per heavy atom. The Balaban J connectivity index is 2.77. The summed E-state index contributed by atoms with van der Waals surface area (Å²) in [6.07, 6.45) is 0.692. The van der Waals surface area contributed by atoms with E-state index in [1.165, 1.54) is 0 Å². The van der Waals surface area contributed by atoms with E-state index < -0.39 is 6.04 Å². The normalized spacial score (nSPS) is 14.4. The summed E-state index contributed by atoms with van der Waals surface area (Å²) in [6, 6.07) is 7.07. The highest BCUT2D eigenvalue weighted by Crippen LogP contribution is 2.23. The summed E-state index contributed by atoms with van der Waals surface area (Å²) in [7, 11) is 0. The molecular formula is C16H25ClN2O. The lowest BCUT2D eigenvalue weighted by molar-refractivity contribution is -0.123. The van der Waals surface area contributed by atoms with Crippen molar-refractivity contribution >= 4 is 17.5 Å². The van der Waals surface area contributed by atoms with E-state index in [4.69, 9.17) is 17.3 Å². The van der Waals surface area contributed by atoms with Gasteiger partial charge in [0.25, 0.3) is 0 Å². The number of amides is 1. The Hall–Kier alpha value is -1.06. The maximum absolute atomic E-state index is 12.2. The van der Waals surface area contributed by atoms with Crippen molar-refractivity contribution in [1.82, 2.24) is 5.32 Å². The second-order valence-electron chi connectivity index (χ2n) is 6.02. The molecule has 1 amide bonds. The Labute approximate surface area is 126 Å². The van der Waals surface area contributed by atoms with Crippen molar-refractivity contribution < 1.29 is 4.79 Å². The number of rotatable bonds is 6. The molecule has 1 aromatic rings. The average Bonchev–Trinajstić information content (AvgIpc) is 2.35. The molecule has 3 N–H and O–H groups in total. The molecule has 2 atom stereocenters. The van der Waals surface area contributed by atoms with Gasteiger partial charge in [0.05, 0.1) is 12.1 Å². The molecule has 1 rings (SSSR count). The van der Waals surface area contributed by atoms with E-state index in [1.54, 1.807) is 0 Å². The molecule has 0 spiro atoms. The smallest absolute Gasteiger partial charge is 0.237 e. The van der Waals surface area contributed by atoms with Crippen LogP contribution in [0.5, 0.6) is 0 Å². The minimum atomic E-state index is -0.455. The number of hydrogen-bond acceptors (Lipinski definition) is 2. The largest absolute Gasteiger partial charge is 0.348 e. The fraction of sp³-hybridized carbons (Fsp3) is 0.562. The predicted molar refractivity (Wildman–Crippen MR) is 84.6 cm³/mol. The summed E-state index contributed by atoms with van der Waals surface area (Å²) in [5.74, 6) is 0.600. The molecule has 112 valence electrons. The minimum Gasteiger partial charge on any atom is -0.348 e. The van der Waals surface area contributed by atoms with Crippen molar-refractivity contribution in [3.63, 3.8) is 0 Å². The first-order chi connectivity index (χ1) is 9.31. The highest BCUT2D eigenvalue weighted by molar-refractivity contribution is 6.30. The lowest BCUT2D eigenvalue weighted by Crippen LogP contribution is -2.44. The summed E-state index contributed by atoms with van der Waals surface area (Å²) in [4.78, 5) is 12.2. The molecule has 0 saturated carbocycles. The van der Waals surface area contributed by atoms with Gasteiger partial charge in [-0.25, -0.2) is 0 Å².